The molecule has 1 aromatic heterocycles. The number of carbonyl (C=O) groups excluding carboxylic acids is 2. The van der Waals surface area contributed by atoms with Crippen LogP contribution in [0, 0.1) is 19.7 Å². The van der Waals surface area contributed by atoms with Crippen LogP contribution in [-0.2, 0) is 4.74 Å². The van der Waals surface area contributed by atoms with Gasteiger partial charge in [-0.05, 0) is 53.5 Å². The zero-order valence-corrected chi connectivity index (χ0v) is 17.5. The van der Waals surface area contributed by atoms with Gasteiger partial charge < -0.3 is 15.0 Å². The number of nitrogens with one attached hydrogen (secondary N) is 1. The first kappa shape index (κ1) is 21.0. The number of benzene rings is 1. The Morgan fingerprint density at radius 2 is 1.76 bits per heavy atom. The Morgan fingerprint density at radius 3 is 2.38 bits per heavy atom. The summed E-state index contributed by atoms with van der Waals surface area (Å²) in [7, 11) is 0. The maximum absolute atomic E-state index is 14.0. The van der Waals surface area contributed by atoms with E-state index in [4.69, 9.17) is 4.74 Å². The number of likely N-dealkylation sites (tertiary alicyclic amines) is 1. The van der Waals surface area contributed by atoms with Crippen LogP contribution in [-0.4, -0.2) is 51.6 Å². The lowest BCUT2D eigenvalue weighted by molar-refractivity contribution is 0.0199. The molecule has 0 atom stereocenters. The van der Waals surface area contributed by atoms with Crippen molar-refractivity contribution in [2.24, 2.45) is 0 Å². The highest BCUT2D eigenvalue weighted by atomic mass is 19.1. The van der Waals surface area contributed by atoms with Crippen LogP contribution in [0.3, 0.4) is 0 Å². The highest BCUT2D eigenvalue weighted by Crippen LogP contribution is 2.21. The standard InChI is InChI=1S/C21H27FN4O3/c1-12-13(2)24-18-16(10-14(22)11-17(18)23-12)19(27)25-15-6-8-26(9-7-15)20(28)29-21(3,4)5/h10-11,15H,6-9H2,1-5H3,(H,25,27). The molecule has 2 heterocycles. The molecule has 0 aliphatic carbocycles. The van der Waals surface area contributed by atoms with Crippen LogP contribution >= 0.6 is 0 Å². The lowest BCUT2D eigenvalue weighted by Gasteiger charge is -2.33. The highest BCUT2D eigenvalue weighted by Gasteiger charge is 2.28. The van der Waals surface area contributed by atoms with Crippen LogP contribution in [0.15, 0.2) is 12.1 Å². The van der Waals surface area contributed by atoms with Gasteiger partial charge in [0, 0.05) is 25.2 Å². The molecule has 0 radical (unpaired) electrons. The number of aryl methyl sites for hydroxylation is 2. The zero-order valence-electron chi connectivity index (χ0n) is 17.5. The number of hydrogen-bond acceptors (Lipinski definition) is 5. The first-order chi connectivity index (χ1) is 13.5. The predicted molar refractivity (Wildman–Crippen MR) is 107 cm³/mol. The average Bonchev–Trinajstić information content (AvgIpc) is 2.61. The summed E-state index contributed by atoms with van der Waals surface area (Å²) in [5.41, 5.74) is 1.77. The molecule has 0 saturated carbocycles. The normalized spacial score (nSPS) is 15.4. The van der Waals surface area contributed by atoms with Crippen LogP contribution in [0.2, 0.25) is 0 Å². The molecule has 2 amide bonds. The Bertz CT molecular complexity index is 947. The van der Waals surface area contributed by atoms with Crippen LogP contribution in [0.4, 0.5) is 9.18 Å². The van der Waals surface area contributed by atoms with Gasteiger partial charge in [-0.1, -0.05) is 0 Å². The molecule has 3 rings (SSSR count). The Hall–Kier alpha value is -2.77. The van der Waals surface area contributed by atoms with Crippen molar-refractivity contribution in [1.82, 2.24) is 20.2 Å². The number of halogens is 1. The van der Waals surface area contributed by atoms with Crippen LogP contribution in [0.5, 0.6) is 0 Å². The number of rotatable bonds is 2. The molecule has 0 spiro atoms. The summed E-state index contributed by atoms with van der Waals surface area (Å²) in [4.78, 5) is 35.4. The van der Waals surface area contributed by atoms with Gasteiger partial charge in [0.1, 0.15) is 16.9 Å². The summed E-state index contributed by atoms with van der Waals surface area (Å²) in [5, 5.41) is 2.94. The second kappa shape index (κ2) is 7.93. The Morgan fingerprint density at radius 1 is 1.14 bits per heavy atom. The van der Waals surface area contributed by atoms with Crippen LogP contribution in [0.25, 0.3) is 11.0 Å². The number of ether oxygens (including phenoxy) is 1. The molecule has 7 nitrogen and oxygen atoms in total. The van der Waals surface area contributed by atoms with Crippen molar-refractivity contribution >= 4 is 23.0 Å². The smallest absolute Gasteiger partial charge is 0.410 e. The van der Waals surface area contributed by atoms with E-state index in [9.17, 15) is 14.0 Å². The molecule has 1 saturated heterocycles. The Balaban J connectivity index is 1.69. The molecule has 1 aliphatic heterocycles. The van der Waals surface area contributed by atoms with E-state index in [-0.39, 0.29) is 23.6 Å². The van der Waals surface area contributed by atoms with Crippen molar-refractivity contribution in [3.05, 3.63) is 34.9 Å². The predicted octanol–water partition coefficient (Wildman–Crippen LogP) is 3.52. The van der Waals surface area contributed by atoms with E-state index in [1.807, 2.05) is 20.8 Å². The second-order valence-electron chi connectivity index (χ2n) is 8.43. The topological polar surface area (TPSA) is 84.4 Å². The van der Waals surface area contributed by atoms with E-state index >= 15 is 0 Å². The minimum absolute atomic E-state index is 0.112. The lowest BCUT2D eigenvalue weighted by Crippen LogP contribution is -2.47. The van der Waals surface area contributed by atoms with E-state index in [1.165, 1.54) is 12.1 Å². The Kier molecular flexibility index (Phi) is 5.73. The maximum Gasteiger partial charge on any atom is 0.410 e. The first-order valence-electron chi connectivity index (χ1n) is 9.77. The first-order valence-corrected chi connectivity index (χ1v) is 9.77. The van der Waals surface area contributed by atoms with Gasteiger partial charge in [-0.25, -0.2) is 19.2 Å². The van der Waals surface area contributed by atoms with Crippen molar-refractivity contribution in [2.75, 3.05) is 13.1 Å². The maximum atomic E-state index is 14.0. The van der Waals surface area contributed by atoms with Gasteiger partial charge in [0.05, 0.1) is 22.5 Å². The number of nitrogens with zero attached hydrogens (tertiary/aromatic N) is 3. The van der Waals surface area contributed by atoms with E-state index in [2.05, 4.69) is 15.3 Å². The monoisotopic (exact) mass is 402 g/mol. The van der Waals surface area contributed by atoms with Gasteiger partial charge in [0.25, 0.3) is 5.91 Å². The lowest BCUT2D eigenvalue weighted by atomic mass is 10.0. The molecule has 0 unspecified atom stereocenters. The van der Waals surface area contributed by atoms with Crippen molar-refractivity contribution in [3.8, 4) is 0 Å². The summed E-state index contributed by atoms with van der Waals surface area (Å²) in [5.74, 6) is -0.914. The highest BCUT2D eigenvalue weighted by molar-refractivity contribution is 6.04. The number of carbonyl (C=O) groups is 2. The molecule has 2 aromatic rings. The summed E-state index contributed by atoms with van der Waals surface area (Å²) in [6.45, 7) is 10.1. The minimum Gasteiger partial charge on any atom is -0.444 e. The van der Waals surface area contributed by atoms with Gasteiger partial charge in [0.2, 0.25) is 0 Å². The minimum atomic E-state index is -0.544. The van der Waals surface area contributed by atoms with Crippen LogP contribution < -0.4 is 5.32 Å². The van der Waals surface area contributed by atoms with Gasteiger partial charge in [-0.2, -0.15) is 0 Å². The molecule has 1 aromatic carbocycles. The molecule has 29 heavy (non-hydrogen) atoms. The van der Waals surface area contributed by atoms with Crippen LogP contribution in [0.1, 0.15) is 55.4 Å². The number of fused-ring (bicyclic) bond motifs is 1. The number of aromatic nitrogens is 2. The molecule has 156 valence electrons. The van der Waals surface area contributed by atoms with E-state index in [1.54, 1.807) is 18.7 Å². The van der Waals surface area contributed by atoms with E-state index < -0.39 is 11.4 Å². The molecular formula is C21H27FN4O3. The second-order valence-corrected chi connectivity index (χ2v) is 8.43. The number of piperidine rings is 1. The fourth-order valence-corrected chi connectivity index (χ4v) is 3.27. The number of amides is 2. The third-order valence-corrected chi connectivity index (χ3v) is 4.87. The van der Waals surface area contributed by atoms with Crippen molar-refractivity contribution < 1.29 is 18.7 Å². The summed E-state index contributed by atoms with van der Waals surface area (Å²) >= 11 is 0. The van der Waals surface area contributed by atoms with Gasteiger partial charge in [-0.15, -0.1) is 0 Å². The fourth-order valence-electron chi connectivity index (χ4n) is 3.27. The SMILES string of the molecule is Cc1nc2cc(F)cc(C(=O)NC3CCN(C(=O)OC(C)(C)C)CC3)c2nc1C. The fraction of sp³-hybridized carbons (Fsp3) is 0.524. The average molecular weight is 402 g/mol. The zero-order chi connectivity index (χ0) is 21.3. The molecule has 1 aliphatic rings. The third-order valence-electron chi connectivity index (χ3n) is 4.87. The van der Waals surface area contributed by atoms with E-state index in [0.717, 1.165) is 0 Å². The van der Waals surface area contributed by atoms with Crippen molar-refractivity contribution in [3.63, 3.8) is 0 Å². The summed E-state index contributed by atoms with van der Waals surface area (Å²) in [6.07, 6.45) is 0.851. The molecule has 1 N–H and O–H groups in total. The Labute approximate surface area is 169 Å². The quantitative estimate of drug-likeness (QED) is 0.831. The largest absolute Gasteiger partial charge is 0.444 e. The van der Waals surface area contributed by atoms with Crippen molar-refractivity contribution in [2.45, 2.75) is 59.1 Å². The molecule has 8 heteroatoms. The van der Waals surface area contributed by atoms with Gasteiger partial charge in [-0.3, -0.25) is 4.79 Å². The summed E-state index contributed by atoms with van der Waals surface area (Å²) < 4.78 is 19.4. The van der Waals surface area contributed by atoms with Crippen molar-refractivity contribution in [1.29, 1.82) is 0 Å². The number of hydrogen-bond donors (Lipinski definition) is 1. The van der Waals surface area contributed by atoms with Gasteiger partial charge >= 0.3 is 6.09 Å². The molecule has 1 fully saturated rings. The van der Waals surface area contributed by atoms with E-state index in [0.29, 0.717) is 48.4 Å². The molecular weight excluding hydrogens is 375 g/mol. The van der Waals surface area contributed by atoms with Gasteiger partial charge in [0.15, 0.2) is 0 Å². The third kappa shape index (κ3) is 4.99. The molecule has 0 bridgehead atoms. The summed E-state index contributed by atoms with van der Waals surface area (Å²) in [6, 6.07) is 2.36.